The number of nitrogens with zero attached hydrogens (tertiary/aromatic N) is 4. The molecule has 0 saturated heterocycles. The molecular weight excluding hydrogens is 297 g/mol. The molecule has 7 nitrogen and oxygen atoms in total. The van der Waals surface area contributed by atoms with Gasteiger partial charge in [-0.3, -0.25) is 4.79 Å². The van der Waals surface area contributed by atoms with Crippen LogP contribution >= 0.6 is 11.3 Å². The second kappa shape index (κ2) is 4.94. The molecule has 2 heterocycles. The average Bonchev–Trinajstić information content (AvgIpc) is 2.87. The van der Waals surface area contributed by atoms with E-state index in [1.807, 2.05) is 0 Å². The van der Waals surface area contributed by atoms with Crippen LogP contribution in [0.4, 0.5) is 9.52 Å². The number of hydrogen-bond acceptors (Lipinski definition) is 7. The van der Waals surface area contributed by atoms with E-state index < -0.39 is 11.4 Å². The number of nitrogens with two attached hydrogens (primary N) is 1. The van der Waals surface area contributed by atoms with Crippen molar-refractivity contribution in [3.05, 3.63) is 46.5 Å². The average molecular weight is 305 g/mol. The van der Waals surface area contributed by atoms with Crippen LogP contribution in [0.3, 0.4) is 0 Å². The predicted molar refractivity (Wildman–Crippen MR) is 74.8 cm³/mol. The molecule has 0 atom stereocenters. The van der Waals surface area contributed by atoms with Crippen LogP contribution in [0.2, 0.25) is 0 Å². The van der Waals surface area contributed by atoms with Gasteiger partial charge < -0.3 is 10.8 Å². The minimum absolute atomic E-state index is 0.0770. The lowest BCUT2D eigenvalue weighted by molar-refractivity contribution is 0.469. The van der Waals surface area contributed by atoms with Gasteiger partial charge in [0.1, 0.15) is 5.82 Å². The van der Waals surface area contributed by atoms with E-state index in [1.165, 1.54) is 24.3 Å². The Balaban J connectivity index is 2.18. The van der Waals surface area contributed by atoms with Crippen LogP contribution in [-0.4, -0.2) is 25.1 Å². The minimum atomic E-state index is -0.555. The van der Waals surface area contributed by atoms with Crippen LogP contribution in [0.1, 0.15) is 0 Å². The molecule has 3 aromatic rings. The van der Waals surface area contributed by atoms with E-state index in [1.54, 1.807) is 0 Å². The van der Waals surface area contributed by atoms with E-state index in [0.717, 1.165) is 22.1 Å². The maximum absolute atomic E-state index is 12.9. The van der Waals surface area contributed by atoms with Gasteiger partial charge in [-0.2, -0.15) is 9.78 Å². The van der Waals surface area contributed by atoms with Crippen LogP contribution in [0, 0.1) is 5.82 Å². The zero-order valence-electron chi connectivity index (χ0n) is 10.4. The summed E-state index contributed by atoms with van der Waals surface area (Å²) in [6.07, 6.45) is 0. The predicted octanol–water partition coefficient (Wildman–Crippen LogP) is 1.18. The summed E-state index contributed by atoms with van der Waals surface area (Å²) < 4.78 is 14.0. The fraction of sp³-hybridized carbons (Fsp3) is 0. The van der Waals surface area contributed by atoms with Gasteiger partial charge >= 0.3 is 0 Å². The minimum Gasteiger partial charge on any atom is -0.505 e. The van der Waals surface area contributed by atoms with Crippen molar-refractivity contribution in [3.8, 4) is 22.1 Å². The normalized spacial score (nSPS) is 10.7. The highest BCUT2D eigenvalue weighted by molar-refractivity contribution is 7.18. The van der Waals surface area contributed by atoms with E-state index >= 15 is 0 Å². The Morgan fingerprint density at radius 2 is 1.95 bits per heavy atom. The molecule has 3 rings (SSSR count). The Kier molecular flexibility index (Phi) is 3.10. The van der Waals surface area contributed by atoms with E-state index in [4.69, 9.17) is 5.73 Å². The molecule has 21 heavy (non-hydrogen) atoms. The highest BCUT2D eigenvalue weighted by Crippen LogP contribution is 2.28. The van der Waals surface area contributed by atoms with Gasteiger partial charge in [-0.1, -0.05) is 11.3 Å². The molecule has 0 radical (unpaired) electrons. The van der Waals surface area contributed by atoms with Gasteiger partial charge in [0, 0.05) is 6.07 Å². The number of hydrogen-bond donors (Lipinski definition) is 2. The van der Waals surface area contributed by atoms with Gasteiger partial charge in [0.25, 0.3) is 5.56 Å². The zero-order valence-corrected chi connectivity index (χ0v) is 11.2. The van der Waals surface area contributed by atoms with Gasteiger partial charge in [-0.25, -0.2) is 4.39 Å². The van der Waals surface area contributed by atoms with Gasteiger partial charge in [-0.05, 0) is 24.3 Å². The van der Waals surface area contributed by atoms with E-state index in [0.29, 0.717) is 5.69 Å². The van der Waals surface area contributed by atoms with Gasteiger partial charge in [0.05, 0.1) is 5.69 Å². The number of aromatic hydroxyl groups is 1. The molecule has 0 aliphatic carbocycles. The van der Waals surface area contributed by atoms with Crippen molar-refractivity contribution >= 4 is 16.5 Å². The van der Waals surface area contributed by atoms with E-state index in [2.05, 4.69) is 15.3 Å². The first-order valence-electron chi connectivity index (χ1n) is 5.73. The summed E-state index contributed by atoms with van der Waals surface area (Å²) in [5.41, 5.74) is 5.37. The summed E-state index contributed by atoms with van der Waals surface area (Å²) in [7, 11) is 0. The highest BCUT2D eigenvalue weighted by Gasteiger charge is 2.15. The summed E-state index contributed by atoms with van der Waals surface area (Å²) >= 11 is 1.02. The lowest BCUT2D eigenvalue weighted by Crippen LogP contribution is -2.20. The zero-order chi connectivity index (χ0) is 15.0. The number of halogens is 1. The Hall–Kier alpha value is -2.81. The number of anilines is 1. The topological polar surface area (TPSA) is 107 Å². The summed E-state index contributed by atoms with van der Waals surface area (Å²) in [6.45, 7) is 0. The molecule has 106 valence electrons. The smallest absolute Gasteiger partial charge is 0.275 e. The van der Waals surface area contributed by atoms with Crippen molar-refractivity contribution in [2.75, 3.05) is 5.73 Å². The lowest BCUT2D eigenvalue weighted by atomic mass is 10.3. The van der Waals surface area contributed by atoms with Crippen LogP contribution in [0.5, 0.6) is 5.75 Å². The summed E-state index contributed by atoms with van der Waals surface area (Å²) in [5, 5.41) is 21.8. The van der Waals surface area contributed by atoms with Crippen molar-refractivity contribution in [3.63, 3.8) is 0 Å². The molecule has 0 bridgehead atoms. The van der Waals surface area contributed by atoms with Gasteiger partial charge in [-0.15, -0.1) is 10.2 Å². The first-order valence-corrected chi connectivity index (χ1v) is 6.55. The van der Waals surface area contributed by atoms with Crippen molar-refractivity contribution in [2.45, 2.75) is 0 Å². The first kappa shape index (κ1) is 13.2. The molecule has 0 fully saturated rings. The molecule has 0 spiro atoms. The fourth-order valence-corrected chi connectivity index (χ4v) is 2.30. The fourth-order valence-electron chi connectivity index (χ4n) is 1.70. The van der Waals surface area contributed by atoms with E-state index in [9.17, 15) is 14.3 Å². The molecule has 3 N–H and O–H groups in total. The molecule has 9 heteroatoms. The van der Waals surface area contributed by atoms with E-state index in [-0.39, 0.29) is 21.6 Å². The molecule has 2 aromatic heterocycles. The molecule has 0 amide bonds. The second-order valence-corrected chi connectivity index (χ2v) is 5.06. The Morgan fingerprint density at radius 1 is 1.24 bits per heavy atom. The molecule has 0 unspecified atom stereocenters. The lowest BCUT2D eigenvalue weighted by Gasteiger charge is -2.06. The SMILES string of the molecule is Nc1nnc(-c2nn(-c3ccc(F)cc3)c(=O)cc2O)s1. The Labute approximate surface area is 121 Å². The number of benzene rings is 1. The third-order valence-electron chi connectivity index (χ3n) is 2.63. The second-order valence-electron chi connectivity index (χ2n) is 4.05. The maximum Gasteiger partial charge on any atom is 0.275 e. The van der Waals surface area contributed by atoms with Crippen LogP contribution < -0.4 is 11.3 Å². The molecular formula is C12H8FN5O2S. The molecule has 0 aliphatic heterocycles. The summed E-state index contributed by atoms with van der Waals surface area (Å²) in [5.74, 6) is -0.753. The number of aromatic nitrogens is 4. The van der Waals surface area contributed by atoms with Crippen molar-refractivity contribution in [1.29, 1.82) is 0 Å². The Morgan fingerprint density at radius 3 is 2.57 bits per heavy atom. The maximum atomic E-state index is 12.9. The third-order valence-corrected chi connectivity index (χ3v) is 3.39. The monoisotopic (exact) mass is 305 g/mol. The number of nitrogen functional groups attached to an aromatic ring is 1. The Bertz CT molecular complexity index is 859. The summed E-state index contributed by atoms with van der Waals surface area (Å²) in [6, 6.07) is 6.22. The molecule has 0 saturated carbocycles. The van der Waals surface area contributed by atoms with Crippen molar-refractivity contribution in [1.82, 2.24) is 20.0 Å². The van der Waals surface area contributed by atoms with Gasteiger partial charge in [0.2, 0.25) is 5.13 Å². The van der Waals surface area contributed by atoms with Crippen LogP contribution in [0.15, 0.2) is 35.1 Å². The standard InChI is InChI=1S/C12H8FN5O2S/c13-6-1-3-7(4-2-6)18-9(20)5-8(19)10(17-18)11-15-16-12(14)21-11/h1-5,19H,(H2,14,16). The molecule has 1 aromatic carbocycles. The van der Waals surface area contributed by atoms with Crippen LogP contribution in [-0.2, 0) is 0 Å². The third kappa shape index (κ3) is 2.46. The highest BCUT2D eigenvalue weighted by atomic mass is 32.1. The van der Waals surface area contributed by atoms with Gasteiger partial charge in [0.15, 0.2) is 16.5 Å². The van der Waals surface area contributed by atoms with Crippen molar-refractivity contribution in [2.24, 2.45) is 0 Å². The quantitative estimate of drug-likeness (QED) is 0.736. The van der Waals surface area contributed by atoms with Crippen molar-refractivity contribution < 1.29 is 9.50 Å². The number of rotatable bonds is 2. The molecule has 0 aliphatic rings. The summed E-state index contributed by atoms with van der Waals surface area (Å²) in [4.78, 5) is 11.9. The largest absolute Gasteiger partial charge is 0.505 e. The van der Waals surface area contributed by atoms with Crippen LogP contribution in [0.25, 0.3) is 16.4 Å². The first-order chi connectivity index (χ1) is 10.0.